The van der Waals surface area contributed by atoms with Crippen molar-refractivity contribution in [1.82, 2.24) is 15.5 Å². The second-order valence-electron chi connectivity index (χ2n) is 13.8. The lowest BCUT2D eigenvalue weighted by atomic mass is 9.79. The summed E-state index contributed by atoms with van der Waals surface area (Å²) in [5.41, 5.74) is 0. The smallest absolute Gasteiger partial charge is 0.222 e. The molecule has 4 aliphatic rings. The van der Waals surface area contributed by atoms with Gasteiger partial charge in [-0.1, -0.05) is 32.1 Å². The Morgan fingerprint density at radius 3 is 2.31 bits per heavy atom. The molecule has 0 radical (unpaired) electrons. The van der Waals surface area contributed by atoms with Gasteiger partial charge in [0.15, 0.2) is 0 Å². The minimum absolute atomic E-state index is 0.00278. The van der Waals surface area contributed by atoms with E-state index in [0.717, 1.165) is 44.4 Å². The maximum Gasteiger partial charge on any atom is 0.222 e. The Kier molecular flexibility index (Phi) is 14.3. The molecule has 0 aromatic heterocycles. The topological polar surface area (TPSA) is 178 Å². The van der Waals surface area contributed by atoms with Crippen molar-refractivity contribution in [2.45, 2.75) is 139 Å². The van der Waals surface area contributed by atoms with Crippen LogP contribution in [0.3, 0.4) is 0 Å². The lowest BCUT2D eigenvalue weighted by molar-refractivity contribution is -0.142. The first-order chi connectivity index (χ1) is 21.7. The van der Waals surface area contributed by atoms with Gasteiger partial charge < -0.3 is 45.4 Å². The summed E-state index contributed by atoms with van der Waals surface area (Å²) in [5.74, 6) is 0.779. The first kappa shape index (κ1) is 36.0. The third-order valence-corrected chi connectivity index (χ3v) is 10.3. The van der Waals surface area contributed by atoms with Crippen molar-refractivity contribution in [3.8, 4) is 0 Å². The zero-order valence-electron chi connectivity index (χ0n) is 27.0. The normalized spacial score (nSPS) is 33.1. The van der Waals surface area contributed by atoms with Crippen LogP contribution in [0.1, 0.15) is 96.8 Å². The molecule has 3 aliphatic carbocycles. The van der Waals surface area contributed by atoms with E-state index < -0.39 is 30.3 Å². The van der Waals surface area contributed by atoms with Crippen LogP contribution in [0.25, 0.3) is 0 Å². The molecule has 9 atom stereocenters. The SMILES string of the molecule is CC(=O)NC1C(OCCCCCC(=O)NCCCCCC(=O)N2C[C@H](OC3CC3C3CCC3)C[C@H]2CO)CC(CO)C(O)C1O. The number of nitrogens with one attached hydrogen (secondary N) is 2. The zero-order valence-corrected chi connectivity index (χ0v) is 27.0. The number of carbonyl (C=O) groups is 3. The molecule has 45 heavy (non-hydrogen) atoms. The second-order valence-corrected chi connectivity index (χ2v) is 13.8. The van der Waals surface area contributed by atoms with Crippen LogP contribution < -0.4 is 10.6 Å². The van der Waals surface area contributed by atoms with Gasteiger partial charge >= 0.3 is 0 Å². The number of hydrogen-bond donors (Lipinski definition) is 6. The molecule has 3 saturated carbocycles. The number of hydrogen-bond acceptors (Lipinski definition) is 9. The molecule has 258 valence electrons. The van der Waals surface area contributed by atoms with Crippen LogP contribution in [-0.2, 0) is 23.9 Å². The summed E-state index contributed by atoms with van der Waals surface area (Å²) in [7, 11) is 0. The summed E-state index contributed by atoms with van der Waals surface area (Å²) in [6.07, 6.45) is 9.17. The molecule has 4 fully saturated rings. The Bertz CT molecular complexity index is 950. The van der Waals surface area contributed by atoms with Crippen LogP contribution in [-0.4, -0.2) is 119 Å². The molecule has 7 unspecified atom stereocenters. The van der Waals surface area contributed by atoms with E-state index in [4.69, 9.17) is 9.47 Å². The van der Waals surface area contributed by atoms with Crippen molar-refractivity contribution in [1.29, 1.82) is 0 Å². The van der Waals surface area contributed by atoms with E-state index in [1.165, 1.54) is 26.2 Å². The maximum absolute atomic E-state index is 12.9. The van der Waals surface area contributed by atoms with Gasteiger partial charge in [0.2, 0.25) is 17.7 Å². The van der Waals surface area contributed by atoms with Gasteiger partial charge in [-0.15, -0.1) is 0 Å². The van der Waals surface area contributed by atoms with Crippen molar-refractivity contribution >= 4 is 17.7 Å². The van der Waals surface area contributed by atoms with Crippen molar-refractivity contribution in [3.05, 3.63) is 0 Å². The van der Waals surface area contributed by atoms with Crippen molar-refractivity contribution < 1.29 is 44.3 Å². The monoisotopic (exact) mass is 639 g/mol. The van der Waals surface area contributed by atoms with Gasteiger partial charge in [0.1, 0.15) is 6.10 Å². The van der Waals surface area contributed by atoms with E-state index in [0.29, 0.717) is 63.8 Å². The molecule has 3 amide bonds. The molecule has 1 aliphatic heterocycles. The molecule has 0 spiro atoms. The Balaban J connectivity index is 0.998. The Labute approximate surface area is 267 Å². The predicted molar refractivity (Wildman–Crippen MR) is 166 cm³/mol. The minimum Gasteiger partial charge on any atom is -0.396 e. The summed E-state index contributed by atoms with van der Waals surface area (Å²) < 4.78 is 12.2. The molecule has 1 heterocycles. The zero-order chi connectivity index (χ0) is 32.3. The fourth-order valence-electron chi connectivity index (χ4n) is 7.31. The average Bonchev–Trinajstić information content (AvgIpc) is 3.59. The molecular weight excluding hydrogens is 582 g/mol. The lowest BCUT2D eigenvalue weighted by Crippen LogP contribution is -2.61. The van der Waals surface area contributed by atoms with Gasteiger partial charge in [-0.25, -0.2) is 0 Å². The third-order valence-electron chi connectivity index (χ3n) is 10.3. The molecule has 6 N–H and O–H groups in total. The van der Waals surface area contributed by atoms with Gasteiger partial charge in [-0.2, -0.15) is 0 Å². The number of aliphatic hydroxyl groups excluding tert-OH is 4. The Hall–Kier alpha value is -1.83. The standard InChI is InChI=1S/C33H57N3O9/c1-21(39)35-31-28(15-23(19-37)32(42)33(31)43)44-14-7-3-4-11-29(40)34-13-6-2-5-12-30(41)36-18-25(16-24(36)20-38)45-27-17-26(27)22-9-8-10-22/h22-28,31-33,37-38,42-43H,2-20H2,1H3,(H,34,40)(H,35,39)/t23?,24-,25+,26?,27?,28?,31?,32?,33?/m0/s1. The summed E-state index contributed by atoms with van der Waals surface area (Å²) in [6.45, 7) is 2.57. The van der Waals surface area contributed by atoms with Crippen LogP contribution in [0.15, 0.2) is 0 Å². The number of likely N-dealkylation sites (tertiary alicyclic amines) is 1. The summed E-state index contributed by atoms with van der Waals surface area (Å²) >= 11 is 0. The molecule has 12 nitrogen and oxygen atoms in total. The predicted octanol–water partition coefficient (Wildman–Crippen LogP) is 1.01. The number of nitrogens with zero attached hydrogens (tertiary/aromatic N) is 1. The van der Waals surface area contributed by atoms with Crippen LogP contribution in [0, 0.1) is 17.8 Å². The molecule has 0 aromatic rings. The highest BCUT2D eigenvalue weighted by molar-refractivity contribution is 5.77. The van der Waals surface area contributed by atoms with Crippen molar-refractivity contribution in [2.24, 2.45) is 17.8 Å². The molecule has 1 saturated heterocycles. The molecule has 0 bridgehead atoms. The minimum atomic E-state index is -1.22. The van der Waals surface area contributed by atoms with E-state index in [1.807, 2.05) is 4.90 Å². The molecule has 4 rings (SSSR count). The van der Waals surface area contributed by atoms with E-state index >= 15 is 0 Å². The highest BCUT2D eigenvalue weighted by Crippen LogP contribution is 2.49. The van der Waals surface area contributed by atoms with Gasteiger partial charge in [0, 0.05) is 52.0 Å². The first-order valence-corrected chi connectivity index (χ1v) is 17.4. The van der Waals surface area contributed by atoms with E-state index in [1.54, 1.807) is 0 Å². The quantitative estimate of drug-likeness (QED) is 0.113. The van der Waals surface area contributed by atoms with E-state index in [9.17, 15) is 34.8 Å². The van der Waals surface area contributed by atoms with Crippen molar-refractivity contribution in [3.63, 3.8) is 0 Å². The largest absolute Gasteiger partial charge is 0.396 e. The number of rotatable bonds is 19. The number of carbonyl (C=O) groups excluding carboxylic acids is 3. The molecular formula is C33H57N3O9. The lowest BCUT2D eigenvalue weighted by Gasteiger charge is -2.42. The number of aliphatic hydroxyl groups is 4. The number of amides is 3. The van der Waals surface area contributed by atoms with Gasteiger partial charge in [0.05, 0.1) is 43.1 Å². The van der Waals surface area contributed by atoms with Gasteiger partial charge in [-0.05, 0) is 56.8 Å². The van der Waals surface area contributed by atoms with Crippen LogP contribution in [0.5, 0.6) is 0 Å². The van der Waals surface area contributed by atoms with E-state index in [-0.39, 0.29) is 43.1 Å². The fraction of sp³-hybridized carbons (Fsp3) is 0.909. The second kappa shape index (κ2) is 17.9. The number of ether oxygens (including phenoxy) is 2. The third kappa shape index (κ3) is 10.6. The van der Waals surface area contributed by atoms with Gasteiger partial charge in [-0.3, -0.25) is 14.4 Å². The Morgan fingerprint density at radius 2 is 1.62 bits per heavy atom. The van der Waals surface area contributed by atoms with Crippen LogP contribution >= 0.6 is 0 Å². The number of unbranched alkanes of at least 4 members (excludes halogenated alkanes) is 4. The highest BCUT2D eigenvalue weighted by Gasteiger charge is 2.48. The summed E-state index contributed by atoms with van der Waals surface area (Å²) in [5, 5.41) is 45.5. The fourth-order valence-corrected chi connectivity index (χ4v) is 7.31. The van der Waals surface area contributed by atoms with Gasteiger partial charge in [0.25, 0.3) is 0 Å². The summed E-state index contributed by atoms with van der Waals surface area (Å²) in [4.78, 5) is 38.5. The highest BCUT2D eigenvalue weighted by atomic mass is 16.5. The molecule has 0 aromatic carbocycles. The average molecular weight is 640 g/mol. The Morgan fingerprint density at radius 1 is 0.867 bits per heavy atom. The first-order valence-electron chi connectivity index (χ1n) is 17.4. The van der Waals surface area contributed by atoms with E-state index in [2.05, 4.69) is 10.6 Å². The molecule has 12 heteroatoms. The van der Waals surface area contributed by atoms with Crippen molar-refractivity contribution in [2.75, 3.05) is 32.9 Å². The summed E-state index contributed by atoms with van der Waals surface area (Å²) in [6, 6.07) is -0.895. The van der Waals surface area contributed by atoms with Crippen LogP contribution in [0.2, 0.25) is 0 Å². The van der Waals surface area contributed by atoms with Crippen LogP contribution in [0.4, 0.5) is 0 Å². The maximum atomic E-state index is 12.9.